The molecule has 78 valence electrons. The van der Waals surface area contributed by atoms with Crippen molar-refractivity contribution in [2.24, 2.45) is 0 Å². The molecule has 1 heterocycles. The van der Waals surface area contributed by atoms with Crippen LogP contribution in [0.5, 0.6) is 0 Å². The molecule has 0 aliphatic rings. The number of carbonyl (C=O) groups excluding carboxylic acids is 1. The molecule has 1 amide bonds. The van der Waals surface area contributed by atoms with Crippen LogP contribution in [0, 0.1) is 0 Å². The summed E-state index contributed by atoms with van der Waals surface area (Å²) in [5, 5.41) is 8.58. The average molecular weight is 213 g/mol. The van der Waals surface area contributed by atoms with E-state index in [0.717, 1.165) is 5.01 Å². The van der Waals surface area contributed by atoms with E-state index in [1.54, 1.807) is 13.2 Å². The highest BCUT2D eigenvalue weighted by Crippen LogP contribution is 2.05. The molecule has 4 nitrogen and oxygen atoms in total. The summed E-state index contributed by atoms with van der Waals surface area (Å²) >= 11 is 1.54. The molecule has 0 aliphatic heterocycles. The lowest BCUT2D eigenvalue weighted by molar-refractivity contribution is -0.126. The van der Waals surface area contributed by atoms with Gasteiger partial charge in [0, 0.05) is 11.6 Å². The zero-order chi connectivity index (χ0) is 10.6. The summed E-state index contributed by atoms with van der Waals surface area (Å²) in [4.78, 5) is 15.7. The lowest BCUT2D eigenvalue weighted by Gasteiger charge is -2.22. The average Bonchev–Trinajstić information content (AvgIpc) is 2.66. The Morgan fingerprint density at radius 2 is 2.36 bits per heavy atom. The second kappa shape index (κ2) is 4.52. The molecule has 1 aromatic heterocycles. The summed E-state index contributed by atoms with van der Waals surface area (Å²) in [6, 6.07) is 0. The molecule has 0 aromatic carbocycles. The SMILES string of the molecule is CNC(C)(C)C(=O)NCc1nccs1. The molecule has 1 aromatic rings. The number of aromatic nitrogens is 1. The number of thiazole rings is 1. The van der Waals surface area contributed by atoms with Gasteiger partial charge in [-0.25, -0.2) is 4.98 Å². The van der Waals surface area contributed by atoms with Gasteiger partial charge in [0.15, 0.2) is 0 Å². The van der Waals surface area contributed by atoms with Crippen molar-refractivity contribution in [3.8, 4) is 0 Å². The smallest absolute Gasteiger partial charge is 0.240 e. The van der Waals surface area contributed by atoms with Gasteiger partial charge in [-0.3, -0.25) is 4.79 Å². The predicted octanol–water partition coefficient (Wildman–Crippen LogP) is 0.757. The van der Waals surface area contributed by atoms with E-state index in [0.29, 0.717) is 6.54 Å². The van der Waals surface area contributed by atoms with Crippen LogP contribution in [0.3, 0.4) is 0 Å². The van der Waals surface area contributed by atoms with E-state index in [-0.39, 0.29) is 5.91 Å². The van der Waals surface area contributed by atoms with E-state index in [4.69, 9.17) is 0 Å². The zero-order valence-electron chi connectivity index (χ0n) is 8.63. The molecule has 0 radical (unpaired) electrons. The Balaban J connectivity index is 2.43. The molecule has 0 spiro atoms. The highest BCUT2D eigenvalue weighted by molar-refractivity contribution is 7.09. The maximum Gasteiger partial charge on any atom is 0.240 e. The summed E-state index contributed by atoms with van der Waals surface area (Å²) in [5.41, 5.74) is -0.530. The first kappa shape index (κ1) is 11.1. The van der Waals surface area contributed by atoms with Gasteiger partial charge >= 0.3 is 0 Å². The number of likely N-dealkylation sites (N-methyl/N-ethyl adjacent to an activating group) is 1. The van der Waals surface area contributed by atoms with E-state index in [9.17, 15) is 4.79 Å². The molecule has 1 rings (SSSR count). The zero-order valence-corrected chi connectivity index (χ0v) is 9.44. The molecule has 0 atom stereocenters. The van der Waals surface area contributed by atoms with Crippen molar-refractivity contribution in [2.75, 3.05) is 7.05 Å². The van der Waals surface area contributed by atoms with Crippen LogP contribution in [0.1, 0.15) is 18.9 Å². The number of rotatable bonds is 4. The molecule has 5 heteroatoms. The van der Waals surface area contributed by atoms with Crippen molar-refractivity contribution in [1.29, 1.82) is 0 Å². The van der Waals surface area contributed by atoms with Gasteiger partial charge in [0.1, 0.15) is 5.01 Å². The molecule has 0 aliphatic carbocycles. The minimum absolute atomic E-state index is 0.0183. The second-order valence-electron chi connectivity index (χ2n) is 3.48. The quantitative estimate of drug-likeness (QED) is 0.776. The summed E-state index contributed by atoms with van der Waals surface area (Å²) < 4.78 is 0. The molecular weight excluding hydrogens is 198 g/mol. The summed E-state index contributed by atoms with van der Waals surface area (Å²) in [6.45, 7) is 4.18. The van der Waals surface area contributed by atoms with Gasteiger partial charge in [0.2, 0.25) is 5.91 Å². The van der Waals surface area contributed by atoms with Gasteiger partial charge in [-0.15, -0.1) is 11.3 Å². The Bertz CT molecular complexity index is 295. The van der Waals surface area contributed by atoms with Crippen LogP contribution < -0.4 is 10.6 Å². The lowest BCUT2D eigenvalue weighted by atomic mass is 10.1. The number of hydrogen-bond acceptors (Lipinski definition) is 4. The number of hydrogen-bond donors (Lipinski definition) is 2. The van der Waals surface area contributed by atoms with Crippen LogP contribution in [-0.2, 0) is 11.3 Å². The van der Waals surface area contributed by atoms with Gasteiger partial charge in [-0.1, -0.05) is 0 Å². The minimum atomic E-state index is -0.530. The van der Waals surface area contributed by atoms with Gasteiger partial charge in [-0.2, -0.15) is 0 Å². The van der Waals surface area contributed by atoms with Crippen LogP contribution in [0.25, 0.3) is 0 Å². The summed E-state index contributed by atoms with van der Waals surface area (Å²) in [7, 11) is 1.77. The lowest BCUT2D eigenvalue weighted by Crippen LogP contribution is -2.50. The maximum absolute atomic E-state index is 11.6. The van der Waals surface area contributed by atoms with Crippen LogP contribution in [-0.4, -0.2) is 23.5 Å². The largest absolute Gasteiger partial charge is 0.348 e. The first-order chi connectivity index (χ1) is 6.56. The molecule has 2 N–H and O–H groups in total. The van der Waals surface area contributed by atoms with E-state index >= 15 is 0 Å². The number of amides is 1. The van der Waals surface area contributed by atoms with Gasteiger partial charge in [0.25, 0.3) is 0 Å². The fraction of sp³-hybridized carbons (Fsp3) is 0.556. The Hall–Kier alpha value is -0.940. The molecule has 0 unspecified atom stereocenters. The van der Waals surface area contributed by atoms with Crippen molar-refractivity contribution in [1.82, 2.24) is 15.6 Å². The highest BCUT2D eigenvalue weighted by Gasteiger charge is 2.24. The van der Waals surface area contributed by atoms with Crippen molar-refractivity contribution >= 4 is 17.2 Å². The third-order valence-corrected chi connectivity index (χ3v) is 2.86. The molecule has 0 saturated carbocycles. The van der Waals surface area contributed by atoms with Crippen LogP contribution in [0.15, 0.2) is 11.6 Å². The number of carbonyl (C=O) groups is 1. The topological polar surface area (TPSA) is 54.0 Å². The van der Waals surface area contributed by atoms with Gasteiger partial charge in [-0.05, 0) is 20.9 Å². The Morgan fingerprint density at radius 1 is 1.64 bits per heavy atom. The third kappa shape index (κ3) is 2.78. The Kier molecular flexibility index (Phi) is 3.60. The Labute approximate surface area is 87.7 Å². The number of nitrogens with one attached hydrogen (secondary N) is 2. The van der Waals surface area contributed by atoms with Crippen LogP contribution in [0.2, 0.25) is 0 Å². The van der Waals surface area contributed by atoms with Crippen molar-refractivity contribution in [2.45, 2.75) is 25.9 Å². The van der Waals surface area contributed by atoms with Crippen molar-refractivity contribution < 1.29 is 4.79 Å². The summed E-state index contributed by atoms with van der Waals surface area (Å²) in [6.07, 6.45) is 1.73. The molecule has 14 heavy (non-hydrogen) atoms. The third-order valence-electron chi connectivity index (χ3n) is 2.08. The predicted molar refractivity (Wildman–Crippen MR) is 57.1 cm³/mol. The highest BCUT2D eigenvalue weighted by atomic mass is 32.1. The molecule has 0 bridgehead atoms. The first-order valence-corrected chi connectivity index (χ1v) is 5.30. The molecule has 0 fully saturated rings. The number of nitrogens with zero attached hydrogens (tertiary/aromatic N) is 1. The maximum atomic E-state index is 11.6. The summed E-state index contributed by atoms with van der Waals surface area (Å²) in [5.74, 6) is -0.0183. The monoisotopic (exact) mass is 213 g/mol. The normalized spacial score (nSPS) is 11.4. The standard InChI is InChI=1S/C9H15N3OS/c1-9(2,10-3)8(13)12-6-7-11-4-5-14-7/h4-5,10H,6H2,1-3H3,(H,12,13). The fourth-order valence-corrected chi connectivity index (χ4v) is 1.39. The van der Waals surface area contributed by atoms with Crippen molar-refractivity contribution in [3.63, 3.8) is 0 Å². The van der Waals surface area contributed by atoms with E-state index < -0.39 is 5.54 Å². The van der Waals surface area contributed by atoms with Gasteiger partial charge in [0.05, 0.1) is 12.1 Å². The first-order valence-electron chi connectivity index (χ1n) is 4.42. The molecular formula is C9H15N3OS. The fourth-order valence-electron chi connectivity index (χ4n) is 0.831. The minimum Gasteiger partial charge on any atom is -0.348 e. The van der Waals surface area contributed by atoms with Crippen molar-refractivity contribution in [3.05, 3.63) is 16.6 Å². The van der Waals surface area contributed by atoms with E-state index in [1.807, 2.05) is 19.2 Å². The Morgan fingerprint density at radius 3 is 2.86 bits per heavy atom. The second-order valence-corrected chi connectivity index (χ2v) is 4.46. The van der Waals surface area contributed by atoms with Gasteiger partial charge < -0.3 is 10.6 Å². The van der Waals surface area contributed by atoms with E-state index in [1.165, 1.54) is 11.3 Å². The molecule has 0 saturated heterocycles. The van der Waals surface area contributed by atoms with Crippen LogP contribution >= 0.6 is 11.3 Å². The van der Waals surface area contributed by atoms with Crippen LogP contribution in [0.4, 0.5) is 0 Å². The van der Waals surface area contributed by atoms with E-state index in [2.05, 4.69) is 15.6 Å².